The molecule has 0 spiro atoms. The van der Waals surface area contributed by atoms with Crippen LogP contribution in [-0.2, 0) is 0 Å². The zero-order valence-electron chi connectivity index (χ0n) is 11.0. The highest BCUT2D eigenvalue weighted by Crippen LogP contribution is 2.22. The molecule has 19 heavy (non-hydrogen) atoms. The highest BCUT2D eigenvalue weighted by molar-refractivity contribution is 5.87. The van der Waals surface area contributed by atoms with E-state index in [9.17, 15) is 4.79 Å². The number of aryl methyl sites for hydroxylation is 1. The van der Waals surface area contributed by atoms with E-state index < -0.39 is 5.97 Å². The number of carboxylic acid groups (broad SMARTS) is 1. The lowest BCUT2D eigenvalue weighted by atomic mass is 10.1. The number of ether oxygens (including phenoxy) is 1. The molecule has 0 aliphatic carbocycles. The standard InChI is InChI=1S/C16H16O3/c1-11-4-3-5-15(10-11)19-12(2)13-6-8-14(9-7-13)16(17)18/h3-10,12H,1-2H3,(H,17,18). The van der Waals surface area contributed by atoms with Crippen LogP contribution in [0.1, 0.15) is 34.5 Å². The molecule has 0 saturated carbocycles. The predicted octanol–water partition coefficient (Wildman–Crippen LogP) is 3.83. The Morgan fingerprint density at radius 3 is 2.42 bits per heavy atom. The molecule has 2 aromatic carbocycles. The summed E-state index contributed by atoms with van der Waals surface area (Å²) in [4.78, 5) is 10.8. The second-order valence-electron chi connectivity index (χ2n) is 4.50. The minimum Gasteiger partial charge on any atom is -0.486 e. The van der Waals surface area contributed by atoms with Gasteiger partial charge in [-0.15, -0.1) is 0 Å². The fourth-order valence-electron chi connectivity index (χ4n) is 1.86. The summed E-state index contributed by atoms with van der Waals surface area (Å²) in [5.41, 5.74) is 2.38. The summed E-state index contributed by atoms with van der Waals surface area (Å²) >= 11 is 0. The van der Waals surface area contributed by atoms with Crippen LogP contribution in [0.5, 0.6) is 5.75 Å². The molecule has 0 saturated heterocycles. The highest BCUT2D eigenvalue weighted by atomic mass is 16.5. The molecule has 3 heteroatoms. The fourth-order valence-corrected chi connectivity index (χ4v) is 1.86. The van der Waals surface area contributed by atoms with Gasteiger partial charge < -0.3 is 9.84 Å². The Hall–Kier alpha value is -2.29. The summed E-state index contributed by atoms with van der Waals surface area (Å²) in [6.07, 6.45) is -0.121. The fraction of sp³-hybridized carbons (Fsp3) is 0.188. The van der Waals surface area contributed by atoms with Crippen LogP contribution in [0.25, 0.3) is 0 Å². The third-order valence-electron chi connectivity index (χ3n) is 2.93. The van der Waals surface area contributed by atoms with Crippen molar-refractivity contribution >= 4 is 5.97 Å². The van der Waals surface area contributed by atoms with Crippen molar-refractivity contribution in [3.8, 4) is 5.75 Å². The number of carbonyl (C=O) groups is 1. The zero-order chi connectivity index (χ0) is 13.8. The minimum absolute atomic E-state index is 0.121. The topological polar surface area (TPSA) is 46.5 Å². The van der Waals surface area contributed by atoms with Crippen molar-refractivity contribution in [3.63, 3.8) is 0 Å². The lowest BCUT2D eigenvalue weighted by Crippen LogP contribution is -2.04. The maximum Gasteiger partial charge on any atom is 0.335 e. The molecule has 0 amide bonds. The van der Waals surface area contributed by atoms with Gasteiger partial charge in [0.1, 0.15) is 11.9 Å². The smallest absolute Gasteiger partial charge is 0.335 e. The summed E-state index contributed by atoms with van der Waals surface area (Å²) in [6.45, 7) is 3.96. The molecule has 0 bridgehead atoms. The summed E-state index contributed by atoms with van der Waals surface area (Å²) in [7, 11) is 0. The van der Waals surface area contributed by atoms with Crippen molar-refractivity contribution in [2.45, 2.75) is 20.0 Å². The first-order chi connectivity index (χ1) is 9.06. The van der Waals surface area contributed by atoms with Crippen LogP contribution in [0, 0.1) is 6.92 Å². The van der Waals surface area contributed by atoms with Crippen molar-refractivity contribution < 1.29 is 14.6 Å². The van der Waals surface area contributed by atoms with Gasteiger partial charge in [0.15, 0.2) is 0 Å². The number of benzene rings is 2. The molecule has 0 fully saturated rings. The number of hydrogen-bond acceptors (Lipinski definition) is 2. The number of hydrogen-bond donors (Lipinski definition) is 1. The summed E-state index contributed by atoms with van der Waals surface area (Å²) < 4.78 is 5.83. The first-order valence-electron chi connectivity index (χ1n) is 6.13. The second-order valence-corrected chi connectivity index (χ2v) is 4.50. The van der Waals surface area contributed by atoms with Crippen molar-refractivity contribution in [2.24, 2.45) is 0 Å². The van der Waals surface area contributed by atoms with Crippen molar-refractivity contribution in [3.05, 3.63) is 65.2 Å². The molecule has 2 rings (SSSR count). The van der Waals surface area contributed by atoms with Crippen LogP contribution in [-0.4, -0.2) is 11.1 Å². The van der Waals surface area contributed by atoms with Gasteiger partial charge in [-0.2, -0.15) is 0 Å². The van der Waals surface area contributed by atoms with Gasteiger partial charge in [0.25, 0.3) is 0 Å². The first-order valence-corrected chi connectivity index (χ1v) is 6.13. The Bertz CT molecular complexity index is 573. The molecule has 0 aliphatic rings. The van der Waals surface area contributed by atoms with E-state index in [-0.39, 0.29) is 11.7 Å². The molecule has 0 aliphatic heterocycles. The Balaban J connectivity index is 2.11. The Labute approximate surface area is 112 Å². The van der Waals surface area contributed by atoms with Crippen LogP contribution in [0.2, 0.25) is 0 Å². The van der Waals surface area contributed by atoms with Crippen LogP contribution in [0.4, 0.5) is 0 Å². The maximum absolute atomic E-state index is 10.8. The van der Waals surface area contributed by atoms with E-state index in [2.05, 4.69) is 0 Å². The van der Waals surface area contributed by atoms with Gasteiger partial charge in [-0.05, 0) is 49.2 Å². The minimum atomic E-state index is -0.918. The van der Waals surface area contributed by atoms with E-state index in [1.807, 2.05) is 38.1 Å². The Kier molecular flexibility index (Phi) is 3.85. The monoisotopic (exact) mass is 256 g/mol. The average molecular weight is 256 g/mol. The Morgan fingerprint density at radius 2 is 1.84 bits per heavy atom. The van der Waals surface area contributed by atoms with Gasteiger partial charge in [-0.25, -0.2) is 4.79 Å². The summed E-state index contributed by atoms with van der Waals surface area (Å²) in [5, 5.41) is 8.85. The molecule has 1 N–H and O–H groups in total. The maximum atomic E-state index is 10.8. The van der Waals surface area contributed by atoms with Gasteiger partial charge in [0, 0.05) is 0 Å². The largest absolute Gasteiger partial charge is 0.486 e. The van der Waals surface area contributed by atoms with E-state index in [1.165, 1.54) is 0 Å². The number of carboxylic acids is 1. The third kappa shape index (κ3) is 3.35. The predicted molar refractivity (Wildman–Crippen MR) is 73.6 cm³/mol. The molecule has 2 aromatic rings. The first kappa shape index (κ1) is 13.1. The van der Waals surface area contributed by atoms with E-state index in [4.69, 9.17) is 9.84 Å². The normalized spacial score (nSPS) is 11.9. The molecular formula is C16H16O3. The second kappa shape index (κ2) is 5.57. The molecule has 0 radical (unpaired) electrons. The molecule has 0 aromatic heterocycles. The van der Waals surface area contributed by atoms with Gasteiger partial charge in [-0.3, -0.25) is 0 Å². The summed E-state index contributed by atoms with van der Waals surface area (Å²) in [6, 6.07) is 14.6. The molecular weight excluding hydrogens is 240 g/mol. The molecule has 3 nitrogen and oxygen atoms in total. The molecule has 98 valence electrons. The number of rotatable bonds is 4. The van der Waals surface area contributed by atoms with E-state index in [0.717, 1.165) is 16.9 Å². The van der Waals surface area contributed by atoms with Gasteiger partial charge in [0.2, 0.25) is 0 Å². The van der Waals surface area contributed by atoms with Crippen LogP contribution < -0.4 is 4.74 Å². The van der Waals surface area contributed by atoms with Crippen molar-refractivity contribution in [2.75, 3.05) is 0 Å². The molecule has 1 unspecified atom stereocenters. The molecule has 1 atom stereocenters. The lowest BCUT2D eigenvalue weighted by Gasteiger charge is -2.15. The van der Waals surface area contributed by atoms with E-state index in [0.29, 0.717) is 0 Å². The van der Waals surface area contributed by atoms with E-state index >= 15 is 0 Å². The van der Waals surface area contributed by atoms with Gasteiger partial charge >= 0.3 is 5.97 Å². The molecule has 0 heterocycles. The van der Waals surface area contributed by atoms with E-state index in [1.54, 1.807) is 24.3 Å². The quantitative estimate of drug-likeness (QED) is 0.904. The van der Waals surface area contributed by atoms with Crippen LogP contribution in [0.3, 0.4) is 0 Å². The van der Waals surface area contributed by atoms with Crippen molar-refractivity contribution in [1.82, 2.24) is 0 Å². The number of aromatic carboxylic acids is 1. The zero-order valence-corrected chi connectivity index (χ0v) is 11.0. The average Bonchev–Trinajstić information content (AvgIpc) is 2.39. The Morgan fingerprint density at radius 1 is 1.16 bits per heavy atom. The van der Waals surface area contributed by atoms with Crippen LogP contribution in [0.15, 0.2) is 48.5 Å². The van der Waals surface area contributed by atoms with Gasteiger partial charge in [0.05, 0.1) is 5.56 Å². The summed E-state index contributed by atoms with van der Waals surface area (Å²) in [5.74, 6) is -0.103. The lowest BCUT2D eigenvalue weighted by molar-refractivity contribution is 0.0696. The SMILES string of the molecule is Cc1cccc(OC(C)c2ccc(C(=O)O)cc2)c1. The van der Waals surface area contributed by atoms with Crippen LogP contribution >= 0.6 is 0 Å². The third-order valence-corrected chi connectivity index (χ3v) is 2.93. The highest BCUT2D eigenvalue weighted by Gasteiger charge is 2.09. The van der Waals surface area contributed by atoms with Gasteiger partial charge in [-0.1, -0.05) is 24.3 Å². The van der Waals surface area contributed by atoms with Crippen molar-refractivity contribution in [1.29, 1.82) is 0 Å².